The molecular weight excluding hydrogens is 308 g/mol. The minimum atomic E-state index is -1.04. The summed E-state index contributed by atoms with van der Waals surface area (Å²) >= 11 is 0. The van der Waals surface area contributed by atoms with E-state index in [4.69, 9.17) is 0 Å². The molecule has 1 aromatic heterocycles. The summed E-state index contributed by atoms with van der Waals surface area (Å²) in [6.45, 7) is -0.211. The van der Waals surface area contributed by atoms with Crippen LogP contribution in [0, 0.1) is 11.6 Å². The lowest BCUT2D eigenvalue weighted by atomic mass is 10.3. The average molecular weight is 323 g/mol. The molecule has 23 heavy (non-hydrogen) atoms. The second-order valence-electron chi connectivity index (χ2n) is 4.78. The number of urea groups is 1. The number of hydrogen-bond donors (Lipinski definition) is 3. The minimum absolute atomic E-state index is 0.0198. The zero-order valence-corrected chi connectivity index (χ0v) is 12.0. The number of hydrogen-bond acceptors (Lipinski definition) is 3. The van der Waals surface area contributed by atoms with Gasteiger partial charge in [0, 0.05) is 18.8 Å². The Bertz CT molecular complexity index is 728. The lowest BCUT2D eigenvalue weighted by Gasteiger charge is -2.14. The van der Waals surface area contributed by atoms with Crippen molar-refractivity contribution in [2.75, 3.05) is 11.9 Å². The lowest BCUT2D eigenvalue weighted by molar-refractivity contribution is 0.151. The fourth-order valence-corrected chi connectivity index (χ4v) is 1.89. The molecule has 2 amide bonds. The number of anilines is 1. The van der Waals surface area contributed by atoms with E-state index in [1.54, 1.807) is 12.1 Å². The number of nitrogens with one attached hydrogen (secondary N) is 2. The summed E-state index contributed by atoms with van der Waals surface area (Å²) in [5.41, 5.74) is -0.858. The van der Waals surface area contributed by atoms with Gasteiger partial charge in [-0.05, 0) is 18.2 Å². The van der Waals surface area contributed by atoms with Crippen LogP contribution in [0.15, 0.2) is 47.4 Å². The van der Waals surface area contributed by atoms with Crippen LogP contribution in [0.2, 0.25) is 0 Å². The molecule has 2 rings (SSSR count). The van der Waals surface area contributed by atoms with Crippen LogP contribution in [0.3, 0.4) is 0 Å². The van der Waals surface area contributed by atoms with Crippen LogP contribution in [0.25, 0.3) is 0 Å². The first-order chi connectivity index (χ1) is 11.0. The summed E-state index contributed by atoms with van der Waals surface area (Å²) in [4.78, 5) is 23.1. The maximum absolute atomic E-state index is 13.4. The van der Waals surface area contributed by atoms with Crippen LogP contribution in [0.4, 0.5) is 19.3 Å². The smallest absolute Gasteiger partial charge is 0.319 e. The van der Waals surface area contributed by atoms with Crippen molar-refractivity contribution in [3.8, 4) is 0 Å². The number of aromatic nitrogens is 1. The van der Waals surface area contributed by atoms with E-state index in [2.05, 4.69) is 5.32 Å². The van der Waals surface area contributed by atoms with E-state index in [-0.39, 0.29) is 18.6 Å². The van der Waals surface area contributed by atoms with Gasteiger partial charge < -0.3 is 20.3 Å². The van der Waals surface area contributed by atoms with Gasteiger partial charge in [-0.25, -0.2) is 13.6 Å². The van der Waals surface area contributed by atoms with Crippen LogP contribution in [0.5, 0.6) is 0 Å². The fourth-order valence-electron chi connectivity index (χ4n) is 1.89. The summed E-state index contributed by atoms with van der Waals surface area (Å²) in [5, 5.41) is 14.1. The molecule has 1 atom stereocenters. The Hall–Kier alpha value is -2.74. The van der Waals surface area contributed by atoms with Gasteiger partial charge in [0.05, 0.1) is 12.6 Å². The molecule has 0 spiro atoms. The predicted octanol–water partition coefficient (Wildman–Crippen LogP) is 1.31. The molecule has 8 heteroatoms. The van der Waals surface area contributed by atoms with Crippen molar-refractivity contribution in [2.45, 2.75) is 12.6 Å². The number of pyridine rings is 1. The van der Waals surface area contributed by atoms with Crippen molar-refractivity contribution in [3.05, 3.63) is 64.6 Å². The van der Waals surface area contributed by atoms with E-state index in [9.17, 15) is 23.5 Å². The van der Waals surface area contributed by atoms with Crippen LogP contribution >= 0.6 is 0 Å². The molecule has 6 nitrogen and oxygen atoms in total. The number of rotatable bonds is 5. The molecule has 1 heterocycles. The largest absolute Gasteiger partial charge is 0.389 e. The van der Waals surface area contributed by atoms with Crippen molar-refractivity contribution >= 4 is 11.7 Å². The maximum Gasteiger partial charge on any atom is 0.319 e. The maximum atomic E-state index is 13.4. The number of carbonyl (C=O) groups excluding carboxylic acids is 1. The SMILES string of the molecule is O=C(NCC(O)Cn1ccccc1=O)Nc1c(F)cccc1F. The Kier molecular flexibility index (Phi) is 5.42. The van der Waals surface area contributed by atoms with Crippen LogP contribution < -0.4 is 16.2 Å². The van der Waals surface area contributed by atoms with E-state index in [0.29, 0.717) is 0 Å². The Morgan fingerprint density at radius 2 is 1.87 bits per heavy atom. The molecule has 1 aromatic carbocycles. The highest BCUT2D eigenvalue weighted by molar-refractivity contribution is 5.89. The molecule has 0 fully saturated rings. The highest BCUT2D eigenvalue weighted by atomic mass is 19.1. The topological polar surface area (TPSA) is 83.4 Å². The van der Waals surface area contributed by atoms with Crippen LogP contribution in [-0.2, 0) is 6.54 Å². The number of aliphatic hydroxyl groups excluding tert-OH is 1. The number of carbonyl (C=O) groups is 1. The zero-order valence-electron chi connectivity index (χ0n) is 12.0. The van der Waals surface area contributed by atoms with Gasteiger partial charge in [-0.3, -0.25) is 4.79 Å². The number of amides is 2. The number of nitrogens with zero attached hydrogens (tertiary/aromatic N) is 1. The van der Waals surface area contributed by atoms with Crippen molar-refractivity contribution in [1.82, 2.24) is 9.88 Å². The second kappa shape index (κ2) is 7.50. The van der Waals surface area contributed by atoms with Crippen molar-refractivity contribution in [3.63, 3.8) is 0 Å². The van der Waals surface area contributed by atoms with E-state index < -0.39 is 29.5 Å². The predicted molar refractivity (Wildman–Crippen MR) is 80.1 cm³/mol. The van der Waals surface area contributed by atoms with Gasteiger partial charge in [0.2, 0.25) is 0 Å². The Morgan fingerprint density at radius 3 is 2.52 bits per heavy atom. The van der Waals surface area contributed by atoms with Crippen molar-refractivity contribution in [2.24, 2.45) is 0 Å². The van der Waals surface area contributed by atoms with Crippen molar-refractivity contribution in [1.29, 1.82) is 0 Å². The first-order valence-electron chi connectivity index (χ1n) is 6.80. The first-order valence-corrected chi connectivity index (χ1v) is 6.80. The highest BCUT2D eigenvalue weighted by Gasteiger charge is 2.13. The van der Waals surface area contributed by atoms with E-state index in [1.807, 2.05) is 5.32 Å². The third-order valence-electron chi connectivity index (χ3n) is 3.01. The molecule has 0 aliphatic heterocycles. The molecule has 0 saturated heterocycles. The van der Waals surface area contributed by atoms with Crippen LogP contribution in [0.1, 0.15) is 0 Å². The first kappa shape index (κ1) is 16.6. The van der Waals surface area contributed by atoms with Gasteiger partial charge in [0.15, 0.2) is 0 Å². The molecule has 122 valence electrons. The monoisotopic (exact) mass is 323 g/mol. The van der Waals surface area contributed by atoms with Crippen molar-refractivity contribution < 1.29 is 18.7 Å². The van der Waals surface area contributed by atoms with E-state index >= 15 is 0 Å². The van der Waals surface area contributed by atoms with Crippen LogP contribution in [-0.4, -0.2) is 28.4 Å². The molecule has 0 aliphatic rings. The molecule has 1 unspecified atom stereocenters. The summed E-state index contributed by atoms with van der Waals surface area (Å²) < 4.78 is 28.0. The molecule has 0 aliphatic carbocycles. The highest BCUT2D eigenvalue weighted by Crippen LogP contribution is 2.17. The standard InChI is InChI=1S/C15H15F2N3O3/c16-11-4-3-5-12(17)14(11)19-15(23)18-8-10(21)9-20-7-2-1-6-13(20)22/h1-7,10,21H,8-9H2,(H2,18,19,23). The van der Waals surface area contributed by atoms with Gasteiger partial charge in [-0.15, -0.1) is 0 Å². The summed E-state index contributed by atoms with van der Waals surface area (Å²) in [6.07, 6.45) is 0.465. The van der Waals surface area contributed by atoms with Gasteiger partial charge >= 0.3 is 6.03 Å². The average Bonchev–Trinajstić information content (AvgIpc) is 2.51. The summed E-state index contributed by atoms with van der Waals surface area (Å²) in [6, 6.07) is 6.87. The molecule has 3 N–H and O–H groups in total. The van der Waals surface area contributed by atoms with E-state index in [0.717, 1.165) is 12.1 Å². The van der Waals surface area contributed by atoms with Gasteiger partial charge in [-0.1, -0.05) is 12.1 Å². The molecule has 0 bridgehead atoms. The van der Waals surface area contributed by atoms with Gasteiger partial charge in [-0.2, -0.15) is 0 Å². The Morgan fingerprint density at radius 1 is 1.17 bits per heavy atom. The fraction of sp³-hybridized carbons (Fsp3) is 0.200. The lowest BCUT2D eigenvalue weighted by Crippen LogP contribution is -2.38. The third kappa shape index (κ3) is 4.62. The second-order valence-corrected chi connectivity index (χ2v) is 4.78. The molecule has 0 radical (unpaired) electrons. The normalized spacial score (nSPS) is 11.8. The Labute approximate surface area is 130 Å². The van der Waals surface area contributed by atoms with E-state index in [1.165, 1.54) is 22.9 Å². The zero-order chi connectivity index (χ0) is 16.8. The Balaban J connectivity index is 1.87. The summed E-state index contributed by atoms with van der Waals surface area (Å²) in [5.74, 6) is -1.81. The quantitative estimate of drug-likeness (QED) is 0.776. The molecule has 0 saturated carbocycles. The number of halogens is 2. The number of para-hydroxylation sites is 1. The summed E-state index contributed by atoms with van der Waals surface area (Å²) in [7, 11) is 0. The number of benzene rings is 1. The van der Waals surface area contributed by atoms with Gasteiger partial charge in [0.25, 0.3) is 5.56 Å². The number of aliphatic hydroxyl groups is 1. The minimum Gasteiger partial charge on any atom is -0.389 e. The molecular formula is C15H15F2N3O3. The molecule has 2 aromatic rings. The van der Waals surface area contributed by atoms with Gasteiger partial charge in [0.1, 0.15) is 17.3 Å². The third-order valence-corrected chi connectivity index (χ3v) is 3.01.